The van der Waals surface area contributed by atoms with E-state index < -0.39 is 0 Å². The maximum atomic E-state index is 5.06. The number of aromatic nitrogens is 2. The monoisotopic (exact) mass is 600 g/mol. The number of benzene rings is 1. The lowest BCUT2D eigenvalue weighted by atomic mass is 9.94. The minimum atomic E-state index is 0.825. The van der Waals surface area contributed by atoms with E-state index in [9.17, 15) is 0 Å². The maximum Gasteiger partial charge on any atom is 0.0984 e. The molecule has 32 heavy (non-hydrogen) atoms. The lowest BCUT2D eigenvalue weighted by Gasteiger charge is -2.12. The first-order valence-corrected chi connectivity index (χ1v) is 15.8. The summed E-state index contributed by atoms with van der Waals surface area (Å²) in [6, 6.07) is 0. The molecule has 0 aliphatic heterocycles. The van der Waals surface area contributed by atoms with Crippen molar-refractivity contribution in [2.75, 3.05) is 0 Å². The van der Waals surface area contributed by atoms with Crippen molar-refractivity contribution in [3.63, 3.8) is 0 Å². The molecule has 6 heteroatoms. The number of fused-ring (bicyclic) bond motifs is 2. The number of hydrogen-bond donors (Lipinski definition) is 0. The van der Waals surface area contributed by atoms with Crippen molar-refractivity contribution in [3.8, 4) is 0 Å². The first-order valence-electron chi connectivity index (χ1n) is 12.6. The van der Waals surface area contributed by atoms with E-state index in [4.69, 9.17) is 9.97 Å². The zero-order chi connectivity index (χ0) is 23.1. The summed E-state index contributed by atoms with van der Waals surface area (Å²) in [6.07, 6.45) is 15.2. The third-order valence-corrected chi connectivity index (χ3v) is 11.1. The first kappa shape index (κ1) is 26.6. The van der Waals surface area contributed by atoms with Crippen LogP contribution in [0.15, 0.2) is 8.95 Å². The minimum absolute atomic E-state index is 0.825. The summed E-state index contributed by atoms with van der Waals surface area (Å²) >= 11 is 11.5. The van der Waals surface area contributed by atoms with E-state index in [1.54, 1.807) is 0 Å². The van der Waals surface area contributed by atoms with Gasteiger partial charge in [-0.3, -0.25) is 0 Å². The lowest BCUT2D eigenvalue weighted by Crippen LogP contribution is -2.00. The Kier molecular flexibility index (Phi) is 10.9. The van der Waals surface area contributed by atoms with E-state index in [-0.39, 0.29) is 0 Å². The summed E-state index contributed by atoms with van der Waals surface area (Å²) in [7, 11) is 0. The molecule has 2 aromatic heterocycles. The minimum Gasteiger partial charge on any atom is -0.240 e. The molecule has 0 saturated carbocycles. The molecule has 3 aromatic rings. The van der Waals surface area contributed by atoms with E-state index in [1.165, 1.54) is 83.6 Å². The van der Waals surface area contributed by atoms with Gasteiger partial charge in [-0.15, -0.1) is 22.7 Å². The van der Waals surface area contributed by atoms with Gasteiger partial charge in [0.2, 0.25) is 0 Å². The van der Waals surface area contributed by atoms with Crippen LogP contribution in [0.3, 0.4) is 0 Å². The third kappa shape index (κ3) is 6.55. The molecule has 178 valence electrons. The van der Waals surface area contributed by atoms with Gasteiger partial charge in [-0.2, -0.15) is 0 Å². The van der Waals surface area contributed by atoms with Crippen LogP contribution in [-0.2, 0) is 12.8 Å². The van der Waals surface area contributed by atoms with Gasteiger partial charge in [0.15, 0.2) is 0 Å². The van der Waals surface area contributed by atoms with E-state index in [2.05, 4.69) is 59.6 Å². The second-order valence-electron chi connectivity index (χ2n) is 9.11. The van der Waals surface area contributed by atoms with Crippen LogP contribution in [0, 0.1) is 11.8 Å². The van der Waals surface area contributed by atoms with Crippen molar-refractivity contribution in [1.82, 2.24) is 9.97 Å². The SMILES string of the molecule is CCCCC(CC)CCc1nc2c(Br)c3sc(CCC(CC)CCCC)nc3c(Br)c2s1. The number of unbranched alkanes of at least 4 members (excludes halogenated alkanes) is 2. The molecule has 2 heterocycles. The molecule has 0 N–H and O–H groups in total. The number of rotatable bonds is 14. The molecule has 0 fully saturated rings. The van der Waals surface area contributed by atoms with Gasteiger partial charge in [-0.25, -0.2) is 9.97 Å². The van der Waals surface area contributed by atoms with Gasteiger partial charge in [-0.05, 0) is 69.4 Å². The van der Waals surface area contributed by atoms with E-state index >= 15 is 0 Å². The van der Waals surface area contributed by atoms with E-state index in [1.807, 2.05) is 22.7 Å². The number of nitrogens with zero attached hydrogens (tertiary/aromatic N) is 2. The van der Waals surface area contributed by atoms with Crippen LogP contribution >= 0.6 is 54.5 Å². The van der Waals surface area contributed by atoms with Gasteiger partial charge in [0.25, 0.3) is 0 Å². The van der Waals surface area contributed by atoms with Crippen LogP contribution in [0.25, 0.3) is 20.4 Å². The molecular formula is C26H38Br2N2S2. The molecule has 2 nitrogen and oxygen atoms in total. The maximum absolute atomic E-state index is 5.06. The second kappa shape index (κ2) is 13.2. The van der Waals surface area contributed by atoms with Crippen LogP contribution in [0.1, 0.15) is 102 Å². The molecule has 2 unspecified atom stereocenters. The normalized spacial score (nSPS) is 13.9. The van der Waals surface area contributed by atoms with Gasteiger partial charge in [0, 0.05) is 0 Å². The Balaban J connectivity index is 1.77. The van der Waals surface area contributed by atoms with Gasteiger partial charge >= 0.3 is 0 Å². The van der Waals surface area contributed by atoms with Crippen LogP contribution in [0.2, 0.25) is 0 Å². The van der Waals surface area contributed by atoms with Gasteiger partial charge < -0.3 is 0 Å². The van der Waals surface area contributed by atoms with Crippen molar-refractivity contribution in [1.29, 1.82) is 0 Å². The topological polar surface area (TPSA) is 25.8 Å². The average Bonchev–Trinajstić information content (AvgIpc) is 3.43. The van der Waals surface area contributed by atoms with Gasteiger partial charge in [-0.1, -0.05) is 79.1 Å². The van der Waals surface area contributed by atoms with Crippen LogP contribution in [-0.4, -0.2) is 9.97 Å². The second-order valence-corrected chi connectivity index (χ2v) is 12.9. The predicted octanol–water partition coefficient (Wildman–Crippen LogP) is 10.7. The highest BCUT2D eigenvalue weighted by atomic mass is 79.9. The number of thiazole rings is 2. The molecule has 3 rings (SSSR count). The molecule has 0 amide bonds. The van der Waals surface area contributed by atoms with Crippen LogP contribution in [0.4, 0.5) is 0 Å². The van der Waals surface area contributed by atoms with Crippen LogP contribution in [0.5, 0.6) is 0 Å². The predicted molar refractivity (Wildman–Crippen MR) is 151 cm³/mol. The number of aryl methyl sites for hydroxylation is 2. The molecule has 0 saturated heterocycles. The molecule has 0 radical (unpaired) electrons. The Labute approximate surface area is 219 Å². The van der Waals surface area contributed by atoms with Gasteiger partial charge in [0.1, 0.15) is 0 Å². The largest absolute Gasteiger partial charge is 0.240 e. The fraction of sp³-hybridized carbons (Fsp3) is 0.692. The van der Waals surface area contributed by atoms with Crippen molar-refractivity contribution >= 4 is 75.0 Å². The zero-order valence-electron chi connectivity index (χ0n) is 20.1. The first-order chi connectivity index (χ1) is 15.5. The number of halogens is 2. The molecule has 0 aliphatic rings. The fourth-order valence-corrected chi connectivity index (χ4v) is 8.24. The van der Waals surface area contributed by atoms with E-state index in [0.717, 1.165) is 44.7 Å². The highest BCUT2D eigenvalue weighted by Crippen LogP contribution is 2.44. The third-order valence-electron chi connectivity index (χ3n) is 6.78. The molecule has 0 aliphatic carbocycles. The molecule has 0 spiro atoms. The average molecular weight is 603 g/mol. The molecular weight excluding hydrogens is 564 g/mol. The zero-order valence-corrected chi connectivity index (χ0v) is 24.9. The van der Waals surface area contributed by atoms with Gasteiger partial charge in [0.05, 0.1) is 39.4 Å². The standard InChI is InChI=1S/C26H38Br2N2S2/c1-5-9-11-17(7-3)13-15-19-29-23-21(27)26-24(22(28)25(23)31-19)30-20(32-26)16-14-18(8-4)12-10-6-2/h17-18H,5-16H2,1-4H3. The smallest absolute Gasteiger partial charge is 0.0984 e. The Morgan fingerprint density at radius 2 is 1.06 bits per heavy atom. The van der Waals surface area contributed by atoms with Crippen molar-refractivity contribution in [3.05, 3.63) is 19.0 Å². The summed E-state index contributed by atoms with van der Waals surface area (Å²) in [6.45, 7) is 9.23. The Bertz CT molecular complexity index is 862. The summed E-state index contributed by atoms with van der Waals surface area (Å²) in [5.74, 6) is 1.65. The molecule has 2 atom stereocenters. The Hall–Kier alpha value is -0.0400. The highest BCUT2D eigenvalue weighted by molar-refractivity contribution is 9.11. The van der Waals surface area contributed by atoms with Crippen LogP contribution < -0.4 is 0 Å². The Morgan fingerprint density at radius 1 is 0.656 bits per heavy atom. The van der Waals surface area contributed by atoms with Crippen molar-refractivity contribution in [2.45, 2.75) is 105 Å². The number of hydrogen-bond acceptors (Lipinski definition) is 4. The molecule has 0 bridgehead atoms. The summed E-state index contributed by atoms with van der Waals surface area (Å²) in [4.78, 5) is 10.1. The quantitative estimate of drug-likeness (QED) is 0.183. The fourth-order valence-electron chi connectivity index (χ4n) is 4.50. The summed E-state index contributed by atoms with van der Waals surface area (Å²) < 4.78 is 4.75. The molecule has 1 aromatic carbocycles. The van der Waals surface area contributed by atoms with Crippen molar-refractivity contribution < 1.29 is 0 Å². The summed E-state index contributed by atoms with van der Waals surface area (Å²) in [5, 5.41) is 2.52. The summed E-state index contributed by atoms with van der Waals surface area (Å²) in [5.41, 5.74) is 2.21. The highest BCUT2D eigenvalue weighted by Gasteiger charge is 2.20. The van der Waals surface area contributed by atoms with Crippen molar-refractivity contribution in [2.24, 2.45) is 11.8 Å². The Morgan fingerprint density at radius 3 is 1.41 bits per heavy atom. The van der Waals surface area contributed by atoms with E-state index in [0.29, 0.717) is 0 Å². The lowest BCUT2D eigenvalue weighted by molar-refractivity contribution is 0.421.